The van der Waals surface area contributed by atoms with Crippen LogP contribution in [0.1, 0.15) is 24.8 Å². The molecular formula is C21H23N5O3S. The van der Waals surface area contributed by atoms with E-state index in [0.717, 1.165) is 24.8 Å². The Morgan fingerprint density at radius 2 is 1.80 bits per heavy atom. The molecule has 0 atom stereocenters. The maximum absolute atomic E-state index is 12.7. The maximum Gasteiger partial charge on any atom is 0.243 e. The summed E-state index contributed by atoms with van der Waals surface area (Å²) in [6.45, 7) is 1.14. The molecule has 0 spiro atoms. The Kier molecular flexibility index (Phi) is 5.91. The molecule has 2 aromatic heterocycles. The monoisotopic (exact) mass is 425 g/mol. The number of sulfonamides is 1. The van der Waals surface area contributed by atoms with E-state index >= 15 is 0 Å². The summed E-state index contributed by atoms with van der Waals surface area (Å²) in [7, 11) is -3.46. The largest absolute Gasteiger partial charge is 0.324 e. The molecule has 1 fully saturated rings. The number of carbonyl (C=O) groups is 1. The van der Waals surface area contributed by atoms with E-state index in [1.807, 2.05) is 0 Å². The van der Waals surface area contributed by atoms with Gasteiger partial charge in [-0.25, -0.2) is 18.1 Å². The number of carbonyl (C=O) groups excluding carboxylic acids is 1. The molecule has 1 aliphatic heterocycles. The van der Waals surface area contributed by atoms with Crippen molar-refractivity contribution >= 4 is 21.6 Å². The van der Waals surface area contributed by atoms with E-state index in [-0.39, 0.29) is 17.2 Å². The summed E-state index contributed by atoms with van der Waals surface area (Å²) in [6, 6.07) is 11.9. The van der Waals surface area contributed by atoms with Crippen LogP contribution in [-0.2, 0) is 21.2 Å². The predicted octanol–water partition coefficient (Wildman–Crippen LogP) is 2.62. The Labute approximate surface area is 175 Å². The first kappa shape index (κ1) is 20.2. The Bertz CT molecular complexity index is 1090. The van der Waals surface area contributed by atoms with Crippen molar-refractivity contribution in [2.75, 3.05) is 18.4 Å². The summed E-state index contributed by atoms with van der Waals surface area (Å²) >= 11 is 0. The Hall–Kier alpha value is -3.04. The van der Waals surface area contributed by atoms with Crippen LogP contribution in [0.2, 0.25) is 0 Å². The van der Waals surface area contributed by atoms with Crippen LogP contribution < -0.4 is 5.32 Å². The lowest BCUT2D eigenvalue weighted by molar-refractivity contribution is -0.115. The third-order valence-corrected chi connectivity index (χ3v) is 6.92. The van der Waals surface area contributed by atoms with E-state index in [4.69, 9.17) is 0 Å². The lowest BCUT2D eigenvalue weighted by Gasteiger charge is -2.25. The summed E-state index contributed by atoms with van der Waals surface area (Å²) in [4.78, 5) is 16.9. The first-order valence-electron chi connectivity index (χ1n) is 9.87. The number of amides is 1. The summed E-state index contributed by atoms with van der Waals surface area (Å²) in [6.07, 6.45) is 8.04. The maximum atomic E-state index is 12.7. The van der Waals surface area contributed by atoms with Gasteiger partial charge in [0.2, 0.25) is 15.9 Å². The van der Waals surface area contributed by atoms with Crippen LogP contribution in [0.4, 0.5) is 5.69 Å². The Balaban J connectivity index is 1.36. The number of hydrogen-bond donors (Lipinski definition) is 1. The lowest BCUT2D eigenvalue weighted by Crippen LogP contribution is -2.35. The van der Waals surface area contributed by atoms with Gasteiger partial charge in [-0.2, -0.15) is 9.40 Å². The predicted molar refractivity (Wildman–Crippen MR) is 113 cm³/mol. The molecule has 3 heterocycles. The van der Waals surface area contributed by atoms with Crippen molar-refractivity contribution < 1.29 is 13.2 Å². The third-order valence-electron chi connectivity index (χ3n) is 5.01. The lowest BCUT2D eigenvalue weighted by atomic mass is 10.1. The highest BCUT2D eigenvalue weighted by molar-refractivity contribution is 7.89. The highest BCUT2D eigenvalue weighted by Crippen LogP contribution is 2.21. The van der Waals surface area contributed by atoms with Crippen LogP contribution in [0, 0.1) is 0 Å². The van der Waals surface area contributed by atoms with Crippen LogP contribution in [-0.4, -0.2) is 46.5 Å². The van der Waals surface area contributed by atoms with Gasteiger partial charge in [0.15, 0.2) is 5.82 Å². The number of pyridine rings is 1. The van der Waals surface area contributed by atoms with Gasteiger partial charge in [-0.05, 0) is 48.7 Å². The van der Waals surface area contributed by atoms with Gasteiger partial charge in [-0.15, -0.1) is 0 Å². The molecule has 8 nitrogen and oxygen atoms in total. The quantitative estimate of drug-likeness (QED) is 0.655. The van der Waals surface area contributed by atoms with Crippen molar-refractivity contribution in [3.8, 4) is 5.82 Å². The minimum Gasteiger partial charge on any atom is -0.324 e. The smallest absolute Gasteiger partial charge is 0.243 e. The Morgan fingerprint density at radius 1 is 1.03 bits per heavy atom. The molecule has 1 saturated heterocycles. The SMILES string of the molecule is O=C(Cc1ccc(S(=O)(=O)N2CCCCC2)cc1)Nc1ccc(-n2cccn2)nc1. The fourth-order valence-corrected chi connectivity index (χ4v) is 4.94. The summed E-state index contributed by atoms with van der Waals surface area (Å²) in [5.74, 6) is 0.457. The zero-order chi connectivity index (χ0) is 21.0. The van der Waals surface area contributed by atoms with E-state index in [9.17, 15) is 13.2 Å². The van der Waals surface area contributed by atoms with Gasteiger partial charge in [0.05, 0.1) is 23.2 Å². The molecule has 3 aromatic rings. The number of nitrogens with one attached hydrogen (secondary N) is 1. The average molecular weight is 426 g/mol. The number of rotatable bonds is 6. The molecule has 156 valence electrons. The summed E-state index contributed by atoms with van der Waals surface area (Å²) in [5.41, 5.74) is 1.33. The molecule has 0 saturated carbocycles. The highest BCUT2D eigenvalue weighted by atomic mass is 32.2. The summed E-state index contributed by atoms with van der Waals surface area (Å²) in [5, 5.41) is 6.91. The van der Waals surface area contributed by atoms with E-state index in [1.165, 1.54) is 4.31 Å². The van der Waals surface area contributed by atoms with Crippen molar-refractivity contribution in [3.63, 3.8) is 0 Å². The molecule has 30 heavy (non-hydrogen) atoms. The topological polar surface area (TPSA) is 97.2 Å². The first-order valence-corrected chi connectivity index (χ1v) is 11.3. The van der Waals surface area contributed by atoms with Gasteiger partial charge in [0.1, 0.15) is 0 Å². The highest BCUT2D eigenvalue weighted by Gasteiger charge is 2.25. The molecule has 1 aliphatic rings. The van der Waals surface area contributed by atoms with E-state index in [2.05, 4.69) is 15.4 Å². The van der Waals surface area contributed by atoms with Crippen molar-refractivity contribution in [2.45, 2.75) is 30.6 Å². The Morgan fingerprint density at radius 3 is 2.43 bits per heavy atom. The number of anilines is 1. The molecule has 0 aliphatic carbocycles. The van der Waals surface area contributed by atoms with Crippen LogP contribution in [0.15, 0.2) is 66.0 Å². The number of hydrogen-bond acceptors (Lipinski definition) is 5. The number of aromatic nitrogens is 3. The van der Waals surface area contributed by atoms with Crippen LogP contribution in [0.5, 0.6) is 0 Å². The molecule has 1 N–H and O–H groups in total. The van der Waals surface area contributed by atoms with Gasteiger partial charge in [-0.1, -0.05) is 18.6 Å². The molecule has 1 aromatic carbocycles. The normalized spacial score (nSPS) is 15.1. The third kappa shape index (κ3) is 4.58. The fraction of sp³-hybridized carbons (Fsp3) is 0.286. The molecule has 4 rings (SSSR count). The van der Waals surface area contributed by atoms with Gasteiger partial charge in [0, 0.05) is 25.5 Å². The van der Waals surface area contributed by atoms with E-state index in [1.54, 1.807) is 65.7 Å². The fourth-order valence-electron chi connectivity index (χ4n) is 3.42. The van der Waals surface area contributed by atoms with E-state index < -0.39 is 10.0 Å². The molecular weight excluding hydrogens is 402 g/mol. The second-order valence-electron chi connectivity index (χ2n) is 7.19. The molecule has 0 radical (unpaired) electrons. The zero-order valence-electron chi connectivity index (χ0n) is 16.4. The second kappa shape index (κ2) is 8.76. The first-order chi connectivity index (χ1) is 14.5. The number of benzene rings is 1. The average Bonchev–Trinajstić information content (AvgIpc) is 3.30. The molecule has 0 bridgehead atoms. The van der Waals surface area contributed by atoms with Crippen molar-refractivity contribution in [1.82, 2.24) is 19.1 Å². The molecule has 1 amide bonds. The van der Waals surface area contributed by atoms with Crippen molar-refractivity contribution in [1.29, 1.82) is 0 Å². The standard InChI is InChI=1S/C21H23N5O3S/c27-21(24-18-7-10-20(22-16-18)26-14-4-11-23-26)15-17-5-8-19(9-6-17)30(28,29)25-12-2-1-3-13-25/h4-11,14,16H,1-3,12-13,15H2,(H,24,27). The van der Waals surface area contributed by atoms with Gasteiger partial charge < -0.3 is 5.32 Å². The molecule has 9 heteroatoms. The van der Waals surface area contributed by atoms with Crippen molar-refractivity contribution in [3.05, 3.63) is 66.6 Å². The summed E-state index contributed by atoms with van der Waals surface area (Å²) < 4.78 is 28.6. The number of piperidine rings is 1. The van der Waals surface area contributed by atoms with Crippen LogP contribution in [0.3, 0.4) is 0 Å². The van der Waals surface area contributed by atoms with E-state index in [0.29, 0.717) is 24.6 Å². The van der Waals surface area contributed by atoms with Gasteiger partial charge >= 0.3 is 0 Å². The van der Waals surface area contributed by atoms with Gasteiger partial charge in [-0.3, -0.25) is 4.79 Å². The minimum absolute atomic E-state index is 0.144. The van der Waals surface area contributed by atoms with Gasteiger partial charge in [0.25, 0.3) is 0 Å². The zero-order valence-corrected chi connectivity index (χ0v) is 17.3. The van der Waals surface area contributed by atoms with Crippen LogP contribution >= 0.6 is 0 Å². The minimum atomic E-state index is -3.46. The number of nitrogens with zero attached hydrogens (tertiary/aromatic N) is 4. The molecule has 0 unspecified atom stereocenters. The van der Waals surface area contributed by atoms with Crippen molar-refractivity contribution in [2.24, 2.45) is 0 Å². The van der Waals surface area contributed by atoms with Crippen LogP contribution in [0.25, 0.3) is 5.82 Å². The second-order valence-corrected chi connectivity index (χ2v) is 9.13.